The van der Waals surface area contributed by atoms with Gasteiger partial charge in [0.2, 0.25) is 0 Å². The van der Waals surface area contributed by atoms with E-state index in [1.807, 2.05) is 13.8 Å². The van der Waals surface area contributed by atoms with Gasteiger partial charge >= 0.3 is 0 Å². The van der Waals surface area contributed by atoms with Gasteiger partial charge in [0, 0.05) is 30.5 Å². The van der Waals surface area contributed by atoms with Crippen LogP contribution in [-0.2, 0) is 14.4 Å². The Bertz CT molecular complexity index is 399. The molecule has 2 rings (SSSR count). The molecule has 1 saturated carbocycles. The predicted molar refractivity (Wildman–Crippen MR) is 71.2 cm³/mol. The molecule has 0 aromatic carbocycles. The molecule has 0 radical (unpaired) electrons. The molecule has 0 N–H and O–H groups in total. The second-order valence-electron chi connectivity index (χ2n) is 5.90. The van der Waals surface area contributed by atoms with Crippen LogP contribution in [0.3, 0.4) is 0 Å². The third-order valence-electron chi connectivity index (χ3n) is 4.16. The van der Waals surface area contributed by atoms with Gasteiger partial charge in [0.05, 0.1) is 0 Å². The van der Waals surface area contributed by atoms with E-state index in [1.54, 1.807) is 0 Å². The standard InChI is InChI=1S/C15H21NO3/c1-10(2)15(19)12-5-3-11(4-6-12)9-16-13(17)7-8-14(16)18/h7-8,10-12H,3-6,9H2,1-2H3. The zero-order valence-corrected chi connectivity index (χ0v) is 11.6. The Labute approximate surface area is 113 Å². The molecule has 0 bridgehead atoms. The second kappa shape index (κ2) is 5.68. The number of rotatable bonds is 4. The summed E-state index contributed by atoms with van der Waals surface area (Å²) in [6.45, 7) is 4.40. The molecule has 0 spiro atoms. The quantitative estimate of drug-likeness (QED) is 0.728. The Kier molecular flexibility index (Phi) is 4.17. The monoisotopic (exact) mass is 263 g/mol. The fraction of sp³-hybridized carbons (Fsp3) is 0.667. The number of amides is 2. The lowest BCUT2D eigenvalue weighted by molar-refractivity contribution is -0.138. The van der Waals surface area contributed by atoms with Crippen LogP contribution in [0.2, 0.25) is 0 Å². The van der Waals surface area contributed by atoms with Crippen molar-refractivity contribution in [3.63, 3.8) is 0 Å². The van der Waals surface area contributed by atoms with Crippen molar-refractivity contribution >= 4 is 17.6 Å². The van der Waals surface area contributed by atoms with E-state index in [2.05, 4.69) is 0 Å². The minimum absolute atomic E-state index is 0.104. The van der Waals surface area contributed by atoms with E-state index in [-0.39, 0.29) is 23.7 Å². The molecule has 0 aromatic heterocycles. The molecule has 0 unspecified atom stereocenters. The van der Waals surface area contributed by atoms with E-state index in [0.717, 1.165) is 25.7 Å². The largest absolute Gasteiger partial charge is 0.299 e. The highest BCUT2D eigenvalue weighted by Crippen LogP contribution is 2.31. The lowest BCUT2D eigenvalue weighted by atomic mass is 9.77. The van der Waals surface area contributed by atoms with Gasteiger partial charge in [0.1, 0.15) is 5.78 Å². The molecule has 2 aliphatic rings. The fourth-order valence-electron chi connectivity index (χ4n) is 2.97. The van der Waals surface area contributed by atoms with Gasteiger partial charge in [0.15, 0.2) is 0 Å². The number of carbonyl (C=O) groups is 3. The van der Waals surface area contributed by atoms with Crippen LogP contribution in [0.1, 0.15) is 39.5 Å². The number of hydrogen-bond acceptors (Lipinski definition) is 3. The molecular formula is C15H21NO3. The first kappa shape index (κ1) is 14.0. The van der Waals surface area contributed by atoms with Gasteiger partial charge in [0.25, 0.3) is 11.8 Å². The molecule has 1 aliphatic carbocycles. The predicted octanol–water partition coefficient (Wildman–Crippen LogP) is 1.94. The summed E-state index contributed by atoms with van der Waals surface area (Å²) in [5, 5.41) is 0. The van der Waals surface area contributed by atoms with Crippen molar-refractivity contribution in [1.29, 1.82) is 0 Å². The van der Waals surface area contributed by atoms with Crippen molar-refractivity contribution in [1.82, 2.24) is 4.90 Å². The van der Waals surface area contributed by atoms with Crippen LogP contribution in [0, 0.1) is 17.8 Å². The maximum absolute atomic E-state index is 11.9. The van der Waals surface area contributed by atoms with Gasteiger partial charge in [-0.05, 0) is 31.6 Å². The Morgan fingerprint density at radius 3 is 2.16 bits per heavy atom. The lowest BCUT2D eigenvalue weighted by Crippen LogP contribution is -2.36. The van der Waals surface area contributed by atoms with Crippen LogP contribution in [0.4, 0.5) is 0 Å². The summed E-state index contributed by atoms with van der Waals surface area (Å²) >= 11 is 0. The normalized spacial score (nSPS) is 27.4. The first-order valence-corrected chi connectivity index (χ1v) is 7.06. The molecule has 4 nitrogen and oxygen atoms in total. The summed E-state index contributed by atoms with van der Waals surface area (Å²) in [4.78, 5) is 36.2. The van der Waals surface area contributed by atoms with Gasteiger partial charge < -0.3 is 0 Å². The molecule has 0 saturated heterocycles. The van der Waals surface area contributed by atoms with Crippen LogP contribution in [0.15, 0.2) is 12.2 Å². The molecule has 0 atom stereocenters. The third kappa shape index (κ3) is 3.11. The molecule has 1 heterocycles. The molecular weight excluding hydrogens is 242 g/mol. The van der Waals surface area contributed by atoms with E-state index in [0.29, 0.717) is 18.2 Å². The smallest absolute Gasteiger partial charge is 0.253 e. The summed E-state index contributed by atoms with van der Waals surface area (Å²) < 4.78 is 0. The first-order chi connectivity index (χ1) is 8.99. The van der Waals surface area contributed by atoms with Crippen molar-refractivity contribution in [3.05, 3.63) is 12.2 Å². The van der Waals surface area contributed by atoms with Gasteiger partial charge in [-0.3, -0.25) is 19.3 Å². The van der Waals surface area contributed by atoms with Crippen LogP contribution in [0.25, 0.3) is 0 Å². The molecule has 1 aliphatic heterocycles. The van der Waals surface area contributed by atoms with Gasteiger partial charge in [-0.25, -0.2) is 0 Å². The Morgan fingerprint density at radius 2 is 1.68 bits per heavy atom. The number of carbonyl (C=O) groups excluding carboxylic acids is 3. The van der Waals surface area contributed by atoms with Gasteiger partial charge in [-0.2, -0.15) is 0 Å². The number of imide groups is 1. The SMILES string of the molecule is CC(C)C(=O)C1CCC(CN2C(=O)C=CC2=O)CC1. The Balaban J connectivity index is 1.82. The van der Waals surface area contributed by atoms with Crippen molar-refractivity contribution < 1.29 is 14.4 Å². The van der Waals surface area contributed by atoms with Crippen LogP contribution >= 0.6 is 0 Å². The van der Waals surface area contributed by atoms with Crippen molar-refractivity contribution in [2.45, 2.75) is 39.5 Å². The highest BCUT2D eigenvalue weighted by molar-refractivity contribution is 6.12. The minimum Gasteiger partial charge on any atom is -0.299 e. The maximum atomic E-state index is 11.9. The highest BCUT2D eigenvalue weighted by atomic mass is 16.2. The Morgan fingerprint density at radius 1 is 1.16 bits per heavy atom. The topological polar surface area (TPSA) is 54.5 Å². The summed E-state index contributed by atoms with van der Waals surface area (Å²) in [5.74, 6) is 0.583. The van der Waals surface area contributed by atoms with Crippen LogP contribution in [0.5, 0.6) is 0 Å². The average Bonchev–Trinajstić information content (AvgIpc) is 2.70. The number of hydrogen-bond donors (Lipinski definition) is 0. The molecule has 0 aromatic rings. The molecule has 4 heteroatoms. The molecule has 1 fully saturated rings. The third-order valence-corrected chi connectivity index (χ3v) is 4.16. The van der Waals surface area contributed by atoms with Crippen LogP contribution in [-0.4, -0.2) is 29.0 Å². The second-order valence-corrected chi connectivity index (χ2v) is 5.90. The van der Waals surface area contributed by atoms with Crippen LogP contribution < -0.4 is 0 Å². The van der Waals surface area contributed by atoms with Crippen molar-refractivity contribution in [2.75, 3.05) is 6.54 Å². The zero-order valence-electron chi connectivity index (χ0n) is 11.6. The molecule has 2 amide bonds. The lowest BCUT2D eigenvalue weighted by Gasteiger charge is -2.30. The minimum atomic E-state index is -0.203. The van der Waals surface area contributed by atoms with Gasteiger partial charge in [-0.15, -0.1) is 0 Å². The average molecular weight is 263 g/mol. The molecule has 104 valence electrons. The zero-order chi connectivity index (χ0) is 14.0. The number of Topliss-reactive ketones (excluding diaryl/α,β-unsaturated/α-hetero) is 1. The summed E-state index contributed by atoms with van der Waals surface area (Å²) in [5.41, 5.74) is 0. The molecule has 19 heavy (non-hydrogen) atoms. The van der Waals surface area contributed by atoms with E-state index in [1.165, 1.54) is 17.1 Å². The summed E-state index contributed by atoms with van der Waals surface area (Å²) in [6, 6.07) is 0. The van der Waals surface area contributed by atoms with E-state index in [4.69, 9.17) is 0 Å². The first-order valence-electron chi connectivity index (χ1n) is 7.06. The van der Waals surface area contributed by atoms with E-state index < -0.39 is 0 Å². The summed E-state index contributed by atoms with van der Waals surface area (Å²) in [6.07, 6.45) is 6.31. The van der Waals surface area contributed by atoms with E-state index in [9.17, 15) is 14.4 Å². The van der Waals surface area contributed by atoms with Crippen molar-refractivity contribution in [3.8, 4) is 0 Å². The van der Waals surface area contributed by atoms with E-state index >= 15 is 0 Å². The fourth-order valence-corrected chi connectivity index (χ4v) is 2.97. The summed E-state index contributed by atoms with van der Waals surface area (Å²) in [7, 11) is 0. The van der Waals surface area contributed by atoms with Crippen molar-refractivity contribution in [2.24, 2.45) is 17.8 Å². The Hall–Kier alpha value is -1.45. The number of ketones is 1. The number of nitrogens with zero attached hydrogens (tertiary/aromatic N) is 1. The highest BCUT2D eigenvalue weighted by Gasteiger charge is 2.31. The maximum Gasteiger partial charge on any atom is 0.253 e. The van der Waals surface area contributed by atoms with Gasteiger partial charge in [-0.1, -0.05) is 13.8 Å².